The van der Waals surface area contributed by atoms with Crippen molar-refractivity contribution in [3.05, 3.63) is 75.3 Å². The summed E-state index contributed by atoms with van der Waals surface area (Å²) >= 11 is 6.04. The fourth-order valence-corrected chi connectivity index (χ4v) is 3.72. The van der Waals surface area contributed by atoms with Crippen LogP contribution in [-0.4, -0.2) is 33.5 Å². The maximum atomic E-state index is 13.0. The van der Waals surface area contributed by atoms with E-state index in [1.165, 1.54) is 4.57 Å². The number of carbonyl (C=O) groups excluding carboxylic acids is 1. The van der Waals surface area contributed by atoms with E-state index in [1.54, 1.807) is 30.1 Å². The SMILES string of the molecule is CCCCN(C(=O)COCc1ccccc1)C(C)c1nc2ccc(Cl)cc2c(=O)n1C. The van der Waals surface area contributed by atoms with Crippen LogP contribution in [0.25, 0.3) is 10.9 Å². The number of halogens is 1. The van der Waals surface area contributed by atoms with Crippen LogP contribution in [0.15, 0.2) is 53.3 Å². The molecule has 0 radical (unpaired) electrons. The Balaban J connectivity index is 1.82. The van der Waals surface area contributed by atoms with Crippen LogP contribution in [-0.2, 0) is 23.2 Å². The van der Waals surface area contributed by atoms with Crippen molar-refractivity contribution in [1.82, 2.24) is 14.5 Å². The van der Waals surface area contributed by atoms with Crippen LogP contribution in [0.4, 0.5) is 0 Å². The van der Waals surface area contributed by atoms with Gasteiger partial charge in [-0.15, -0.1) is 0 Å². The minimum atomic E-state index is -0.378. The van der Waals surface area contributed by atoms with E-state index in [2.05, 4.69) is 11.9 Å². The molecule has 0 bridgehead atoms. The van der Waals surface area contributed by atoms with Crippen LogP contribution in [0.2, 0.25) is 5.02 Å². The number of hydrogen-bond acceptors (Lipinski definition) is 4. The summed E-state index contributed by atoms with van der Waals surface area (Å²) in [6, 6.07) is 14.4. The number of carbonyl (C=O) groups is 1. The number of nitrogens with zero attached hydrogens (tertiary/aromatic N) is 3. The lowest BCUT2D eigenvalue weighted by atomic mass is 10.2. The summed E-state index contributed by atoms with van der Waals surface area (Å²) < 4.78 is 7.17. The van der Waals surface area contributed by atoms with E-state index in [1.807, 2.05) is 37.3 Å². The number of aromatic nitrogens is 2. The summed E-state index contributed by atoms with van der Waals surface area (Å²) in [5.74, 6) is 0.412. The monoisotopic (exact) mass is 441 g/mol. The Morgan fingerprint density at radius 2 is 1.97 bits per heavy atom. The molecule has 0 aliphatic carbocycles. The third kappa shape index (κ3) is 5.51. The van der Waals surface area contributed by atoms with Crippen LogP contribution in [0.5, 0.6) is 0 Å². The average Bonchev–Trinajstić information content (AvgIpc) is 2.77. The second-order valence-corrected chi connectivity index (χ2v) is 8.03. The van der Waals surface area contributed by atoms with Crippen molar-refractivity contribution in [2.45, 2.75) is 39.3 Å². The number of fused-ring (bicyclic) bond motifs is 1. The van der Waals surface area contributed by atoms with E-state index >= 15 is 0 Å². The Morgan fingerprint density at radius 1 is 1.23 bits per heavy atom. The lowest BCUT2D eigenvalue weighted by Gasteiger charge is -2.30. The van der Waals surface area contributed by atoms with Crippen molar-refractivity contribution in [2.24, 2.45) is 7.05 Å². The predicted octanol–water partition coefficient (Wildman–Crippen LogP) is 4.49. The first-order valence-electron chi connectivity index (χ1n) is 10.5. The van der Waals surface area contributed by atoms with E-state index in [-0.39, 0.29) is 24.1 Å². The van der Waals surface area contributed by atoms with Gasteiger partial charge in [0.15, 0.2) is 0 Å². The zero-order valence-corrected chi connectivity index (χ0v) is 18.9. The summed E-state index contributed by atoms with van der Waals surface area (Å²) in [6.07, 6.45) is 1.80. The van der Waals surface area contributed by atoms with Gasteiger partial charge in [0, 0.05) is 18.6 Å². The van der Waals surface area contributed by atoms with Gasteiger partial charge in [0.2, 0.25) is 5.91 Å². The van der Waals surface area contributed by atoms with Crippen LogP contribution < -0.4 is 5.56 Å². The number of unbranched alkanes of at least 4 members (excludes halogenated alkanes) is 1. The van der Waals surface area contributed by atoms with Crippen molar-refractivity contribution in [3.63, 3.8) is 0 Å². The highest BCUT2D eigenvalue weighted by atomic mass is 35.5. The molecule has 3 rings (SSSR count). The van der Waals surface area contributed by atoms with Gasteiger partial charge in [-0.25, -0.2) is 4.98 Å². The minimum absolute atomic E-state index is 0.0277. The molecule has 1 unspecified atom stereocenters. The largest absolute Gasteiger partial charge is 0.367 e. The Labute approximate surface area is 187 Å². The molecule has 0 spiro atoms. The first-order valence-corrected chi connectivity index (χ1v) is 10.9. The van der Waals surface area contributed by atoms with Crippen molar-refractivity contribution in [2.75, 3.05) is 13.2 Å². The van der Waals surface area contributed by atoms with E-state index in [0.29, 0.717) is 34.9 Å². The van der Waals surface area contributed by atoms with E-state index in [0.717, 1.165) is 18.4 Å². The molecular weight excluding hydrogens is 414 g/mol. The van der Waals surface area contributed by atoms with Gasteiger partial charge in [-0.3, -0.25) is 14.2 Å². The molecule has 31 heavy (non-hydrogen) atoms. The highest BCUT2D eigenvalue weighted by Gasteiger charge is 2.25. The third-order valence-electron chi connectivity index (χ3n) is 5.32. The Kier molecular flexibility index (Phi) is 7.82. The normalized spacial score (nSPS) is 12.1. The fourth-order valence-electron chi connectivity index (χ4n) is 3.55. The Bertz CT molecular complexity index is 1100. The van der Waals surface area contributed by atoms with Crippen molar-refractivity contribution in [1.29, 1.82) is 0 Å². The third-order valence-corrected chi connectivity index (χ3v) is 5.56. The maximum absolute atomic E-state index is 13.0. The lowest BCUT2D eigenvalue weighted by Crippen LogP contribution is -2.39. The van der Waals surface area contributed by atoms with E-state index < -0.39 is 0 Å². The van der Waals surface area contributed by atoms with Gasteiger partial charge < -0.3 is 9.64 Å². The number of benzene rings is 2. The zero-order chi connectivity index (χ0) is 22.4. The van der Waals surface area contributed by atoms with Crippen LogP contribution in [0, 0.1) is 0 Å². The van der Waals surface area contributed by atoms with Gasteiger partial charge >= 0.3 is 0 Å². The summed E-state index contributed by atoms with van der Waals surface area (Å²) in [6.45, 7) is 4.89. The highest BCUT2D eigenvalue weighted by molar-refractivity contribution is 6.31. The predicted molar refractivity (Wildman–Crippen MR) is 123 cm³/mol. The van der Waals surface area contributed by atoms with Crippen LogP contribution in [0.1, 0.15) is 44.1 Å². The molecule has 7 heteroatoms. The molecule has 1 aromatic heterocycles. The minimum Gasteiger partial charge on any atom is -0.367 e. The van der Waals surface area contributed by atoms with Crippen molar-refractivity contribution < 1.29 is 9.53 Å². The molecule has 2 aromatic carbocycles. The molecule has 0 saturated carbocycles. The Hall–Kier alpha value is -2.70. The van der Waals surface area contributed by atoms with Crippen molar-refractivity contribution in [3.8, 4) is 0 Å². The van der Waals surface area contributed by atoms with E-state index in [9.17, 15) is 9.59 Å². The maximum Gasteiger partial charge on any atom is 0.261 e. The summed E-state index contributed by atoms with van der Waals surface area (Å²) in [7, 11) is 1.68. The fraction of sp³-hybridized carbons (Fsp3) is 0.375. The molecule has 164 valence electrons. The molecule has 1 heterocycles. The van der Waals surface area contributed by atoms with Crippen LogP contribution >= 0.6 is 11.6 Å². The Morgan fingerprint density at radius 3 is 2.68 bits per heavy atom. The lowest BCUT2D eigenvalue weighted by molar-refractivity contribution is -0.139. The van der Waals surface area contributed by atoms with Gasteiger partial charge in [-0.05, 0) is 37.1 Å². The zero-order valence-electron chi connectivity index (χ0n) is 18.2. The molecule has 1 amide bonds. The summed E-state index contributed by atoms with van der Waals surface area (Å²) in [5, 5.41) is 0.950. The molecule has 6 nitrogen and oxygen atoms in total. The van der Waals surface area contributed by atoms with Gasteiger partial charge in [0.1, 0.15) is 12.4 Å². The molecule has 0 aliphatic heterocycles. The standard InChI is InChI=1S/C24H28ClN3O3/c1-4-5-13-28(22(29)16-31-15-18-9-7-6-8-10-18)17(2)23-26-21-12-11-19(25)14-20(21)24(30)27(23)3/h6-12,14,17H,4-5,13,15-16H2,1-3H3. The quantitative estimate of drug-likeness (QED) is 0.490. The van der Waals surface area contributed by atoms with Gasteiger partial charge in [-0.2, -0.15) is 0 Å². The van der Waals surface area contributed by atoms with Crippen LogP contribution in [0.3, 0.4) is 0 Å². The van der Waals surface area contributed by atoms with Gasteiger partial charge in [0.25, 0.3) is 5.56 Å². The molecule has 0 saturated heterocycles. The highest BCUT2D eigenvalue weighted by Crippen LogP contribution is 2.22. The van der Waals surface area contributed by atoms with Crippen molar-refractivity contribution >= 4 is 28.4 Å². The van der Waals surface area contributed by atoms with Gasteiger partial charge in [-0.1, -0.05) is 55.3 Å². The second-order valence-electron chi connectivity index (χ2n) is 7.59. The number of hydrogen-bond donors (Lipinski definition) is 0. The smallest absolute Gasteiger partial charge is 0.261 e. The first-order chi connectivity index (χ1) is 14.9. The van der Waals surface area contributed by atoms with Gasteiger partial charge in [0.05, 0.1) is 23.6 Å². The summed E-state index contributed by atoms with van der Waals surface area (Å²) in [5.41, 5.74) is 1.40. The first kappa shape index (κ1) is 23.0. The molecular formula is C24H28ClN3O3. The molecule has 0 fully saturated rings. The number of rotatable bonds is 9. The topological polar surface area (TPSA) is 64.4 Å². The molecule has 0 aliphatic rings. The average molecular weight is 442 g/mol. The molecule has 3 aromatic rings. The van der Waals surface area contributed by atoms with E-state index in [4.69, 9.17) is 16.3 Å². The molecule has 1 atom stereocenters. The molecule has 0 N–H and O–H groups in total. The summed E-state index contributed by atoms with van der Waals surface area (Å²) in [4.78, 5) is 32.3. The second kappa shape index (κ2) is 10.6. The number of ether oxygens (including phenoxy) is 1. The number of amides is 1.